The van der Waals surface area contributed by atoms with Gasteiger partial charge < -0.3 is 5.11 Å². The summed E-state index contributed by atoms with van der Waals surface area (Å²) in [5.41, 5.74) is 0. The van der Waals surface area contributed by atoms with Crippen LogP contribution in [-0.2, 0) is 4.79 Å². The summed E-state index contributed by atoms with van der Waals surface area (Å²) in [4.78, 5) is 9.84. The molecule has 0 aromatic heterocycles. The lowest BCUT2D eigenvalue weighted by Gasteiger charge is -2.10. The van der Waals surface area contributed by atoms with Crippen LogP contribution in [0.25, 0.3) is 0 Å². The monoisotopic (exact) mass is 157 g/mol. The van der Waals surface area contributed by atoms with E-state index in [2.05, 4.69) is 13.8 Å². The first-order valence-electron chi connectivity index (χ1n) is 4.23. The largest absolute Gasteiger partial charge is 0.393 e. The van der Waals surface area contributed by atoms with Crippen molar-refractivity contribution in [3.8, 4) is 0 Å². The zero-order chi connectivity index (χ0) is 8.69. The maximum Gasteiger partial charge on any atom is 0.201 e. The molecule has 0 aliphatic heterocycles. The van der Waals surface area contributed by atoms with E-state index in [1.165, 1.54) is 0 Å². The third-order valence-electron chi connectivity index (χ3n) is 2.01. The van der Waals surface area contributed by atoms with Crippen molar-refractivity contribution < 1.29 is 9.90 Å². The molecule has 2 nitrogen and oxygen atoms in total. The molecule has 1 N–H and O–H groups in total. The number of hydrogen-bond acceptors (Lipinski definition) is 2. The van der Waals surface area contributed by atoms with Crippen LogP contribution >= 0.6 is 0 Å². The average molecular weight is 157 g/mol. The number of rotatable bonds is 6. The van der Waals surface area contributed by atoms with Gasteiger partial charge in [0.05, 0.1) is 6.10 Å². The summed E-state index contributed by atoms with van der Waals surface area (Å²) in [5.74, 6) is 0.649. The van der Waals surface area contributed by atoms with Gasteiger partial charge in [0.1, 0.15) is 0 Å². The number of aliphatic hydroxyl groups is 1. The van der Waals surface area contributed by atoms with E-state index in [9.17, 15) is 4.79 Å². The zero-order valence-electron chi connectivity index (χ0n) is 7.34. The van der Waals surface area contributed by atoms with Gasteiger partial charge in [-0.2, -0.15) is 0 Å². The van der Waals surface area contributed by atoms with Crippen LogP contribution in [0.5, 0.6) is 0 Å². The van der Waals surface area contributed by atoms with Crippen LogP contribution in [0.3, 0.4) is 0 Å². The lowest BCUT2D eigenvalue weighted by Crippen LogP contribution is -2.08. The number of carbonyl (C=O) groups excluding carboxylic acids is 1. The molecule has 11 heavy (non-hydrogen) atoms. The molecule has 0 rings (SSSR count). The minimum absolute atomic E-state index is 0.163. The molecule has 0 aliphatic carbocycles. The van der Waals surface area contributed by atoms with Gasteiger partial charge in [-0.15, -0.1) is 0 Å². The second-order valence-corrected chi connectivity index (χ2v) is 3.09. The molecule has 2 unspecified atom stereocenters. The highest BCUT2D eigenvalue weighted by atomic mass is 16.3. The van der Waals surface area contributed by atoms with Gasteiger partial charge in [0.25, 0.3) is 0 Å². The Kier molecular flexibility index (Phi) is 6.13. The van der Waals surface area contributed by atoms with E-state index in [0.29, 0.717) is 5.92 Å². The summed E-state index contributed by atoms with van der Waals surface area (Å²) in [5, 5.41) is 9.13. The van der Waals surface area contributed by atoms with Crippen molar-refractivity contribution in [3.05, 3.63) is 0 Å². The fourth-order valence-corrected chi connectivity index (χ4v) is 0.879. The maximum atomic E-state index is 9.84. The summed E-state index contributed by atoms with van der Waals surface area (Å²) >= 11 is 0. The minimum Gasteiger partial charge on any atom is -0.393 e. The van der Waals surface area contributed by atoms with Crippen LogP contribution < -0.4 is 0 Å². The Morgan fingerprint density at radius 2 is 2.09 bits per heavy atom. The third kappa shape index (κ3) is 6.05. The second-order valence-electron chi connectivity index (χ2n) is 3.09. The summed E-state index contributed by atoms with van der Waals surface area (Å²) in [6.07, 6.45) is 4.26. The van der Waals surface area contributed by atoms with Crippen molar-refractivity contribution in [2.24, 2.45) is 5.92 Å². The van der Waals surface area contributed by atoms with Gasteiger partial charge in [0.2, 0.25) is 6.29 Å². The second kappa shape index (κ2) is 6.35. The molecule has 1 radical (unpaired) electrons. The van der Waals surface area contributed by atoms with E-state index < -0.39 is 6.10 Å². The van der Waals surface area contributed by atoms with Crippen molar-refractivity contribution in [1.29, 1.82) is 0 Å². The quantitative estimate of drug-likeness (QED) is 0.636. The predicted octanol–water partition coefficient (Wildman–Crippen LogP) is 1.67. The van der Waals surface area contributed by atoms with E-state index in [1.54, 1.807) is 6.29 Å². The molecule has 0 spiro atoms. The summed E-state index contributed by atoms with van der Waals surface area (Å²) < 4.78 is 0. The van der Waals surface area contributed by atoms with Crippen molar-refractivity contribution in [2.75, 3.05) is 0 Å². The summed E-state index contributed by atoms with van der Waals surface area (Å²) in [6, 6.07) is 0. The van der Waals surface area contributed by atoms with E-state index in [0.717, 1.165) is 19.3 Å². The number of hydrogen-bond donors (Lipinski definition) is 1. The molecule has 0 fully saturated rings. The topological polar surface area (TPSA) is 37.3 Å². The highest BCUT2D eigenvalue weighted by Crippen LogP contribution is 2.11. The van der Waals surface area contributed by atoms with Crippen LogP contribution in [-0.4, -0.2) is 17.5 Å². The van der Waals surface area contributed by atoms with Gasteiger partial charge in [-0.05, 0) is 18.8 Å². The Morgan fingerprint density at radius 3 is 2.55 bits per heavy atom. The fraction of sp³-hybridized carbons (Fsp3) is 0.889. The molecular weight excluding hydrogens is 140 g/mol. The summed E-state index contributed by atoms with van der Waals surface area (Å²) in [6.45, 7) is 4.28. The highest BCUT2D eigenvalue weighted by Gasteiger charge is 2.05. The normalized spacial score (nSPS) is 15.9. The smallest absolute Gasteiger partial charge is 0.201 e. The molecule has 0 aliphatic rings. The predicted molar refractivity (Wildman–Crippen MR) is 45.0 cm³/mol. The van der Waals surface area contributed by atoms with Gasteiger partial charge in [0, 0.05) is 6.42 Å². The SMILES string of the molecule is CCC(C)CCC(O)C[C]=O. The molecular formula is C9H17O2. The Bertz CT molecular complexity index is 102. The lowest BCUT2D eigenvalue weighted by atomic mass is 10.00. The van der Waals surface area contributed by atoms with Crippen LogP contribution in [0.4, 0.5) is 0 Å². The Morgan fingerprint density at radius 1 is 1.45 bits per heavy atom. The van der Waals surface area contributed by atoms with Crippen LogP contribution in [0.15, 0.2) is 0 Å². The van der Waals surface area contributed by atoms with Gasteiger partial charge in [-0.25, -0.2) is 0 Å². The minimum atomic E-state index is -0.471. The van der Waals surface area contributed by atoms with E-state index in [-0.39, 0.29) is 6.42 Å². The average Bonchev–Trinajstić information content (AvgIpc) is 2.01. The standard InChI is InChI=1S/C9H17O2/c1-3-8(2)4-5-9(11)6-7-10/h8-9,11H,3-6H2,1-2H3. The maximum absolute atomic E-state index is 9.84. The Balaban J connectivity index is 3.29. The Labute approximate surface area is 68.6 Å². The van der Waals surface area contributed by atoms with Gasteiger partial charge >= 0.3 is 0 Å². The molecule has 0 heterocycles. The van der Waals surface area contributed by atoms with Crippen molar-refractivity contribution >= 4 is 6.29 Å². The third-order valence-corrected chi connectivity index (χ3v) is 2.01. The van der Waals surface area contributed by atoms with Gasteiger partial charge in [0.15, 0.2) is 0 Å². The highest BCUT2D eigenvalue weighted by molar-refractivity contribution is 5.51. The molecule has 0 saturated heterocycles. The van der Waals surface area contributed by atoms with Crippen molar-refractivity contribution in [1.82, 2.24) is 0 Å². The first kappa shape index (κ1) is 10.6. The van der Waals surface area contributed by atoms with Gasteiger partial charge in [-0.3, -0.25) is 4.79 Å². The van der Waals surface area contributed by atoms with Gasteiger partial charge in [-0.1, -0.05) is 20.3 Å². The van der Waals surface area contributed by atoms with Crippen molar-refractivity contribution in [3.63, 3.8) is 0 Å². The van der Waals surface area contributed by atoms with Crippen molar-refractivity contribution in [2.45, 2.75) is 45.6 Å². The Hall–Kier alpha value is -0.370. The van der Waals surface area contributed by atoms with Crippen LogP contribution in [0, 0.1) is 5.92 Å². The lowest BCUT2D eigenvalue weighted by molar-refractivity contribution is 0.161. The molecule has 0 aromatic carbocycles. The van der Waals surface area contributed by atoms with E-state index >= 15 is 0 Å². The molecule has 0 saturated carbocycles. The van der Waals surface area contributed by atoms with Crippen LogP contribution in [0.2, 0.25) is 0 Å². The number of aliphatic hydroxyl groups excluding tert-OH is 1. The fourth-order valence-electron chi connectivity index (χ4n) is 0.879. The molecule has 0 bridgehead atoms. The molecule has 0 amide bonds. The molecule has 2 atom stereocenters. The summed E-state index contributed by atoms with van der Waals surface area (Å²) in [7, 11) is 0. The molecule has 65 valence electrons. The van der Waals surface area contributed by atoms with E-state index in [4.69, 9.17) is 5.11 Å². The molecule has 0 aromatic rings. The first-order valence-corrected chi connectivity index (χ1v) is 4.23. The molecule has 2 heteroatoms. The van der Waals surface area contributed by atoms with Crippen LogP contribution in [0.1, 0.15) is 39.5 Å². The zero-order valence-corrected chi connectivity index (χ0v) is 7.34. The van der Waals surface area contributed by atoms with E-state index in [1.807, 2.05) is 0 Å². The first-order chi connectivity index (χ1) is 5.20.